The first-order chi connectivity index (χ1) is 6.31. The first kappa shape index (κ1) is 12.8. The van der Waals surface area contributed by atoms with Gasteiger partial charge in [-0.1, -0.05) is 0 Å². The maximum absolute atomic E-state index is 10.9. The number of aliphatic hydroxyl groups is 1. The largest absolute Gasteiger partial charge is 0.481 e. The number of carboxylic acids is 2. The highest BCUT2D eigenvalue weighted by Crippen LogP contribution is 2.19. The number of aliphatic carboxylic acids is 2. The van der Waals surface area contributed by atoms with Gasteiger partial charge in [-0.05, 0) is 0 Å². The van der Waals surface area contributed by atoms with Gasteiger partial charge < -0.3 is 19.8 Å². The number of hydrogen-bond acceptors (Lipinski definition) is 5. The minimum absolute atomic E-state index is 1.02. The fourth-order valence-electron chi connectivity index (χ4n) is 0.817. The molecule has 0 spiro atoms. The van der Waals surface area contributed by atoms with Crippen LogP contribution < -0.4 is 0 Å². The molecule has 0 aromatic carbocycles. The Labute approximate surface area is 81.0 Å². The molecule has 0 fully saturated rings. The number of rotatable bonds is 5. The summed E-state index contributed by atoms with van der Waals surface area (Å²) in [5.74, 6) is -4.30. The van der Waals surface area contributed by atoms with Crippen LogP contribution in [0.3, 0.4) is 0 Å². The van der Waals surface area contributed by atoms with E-state index in [4.69, 9.17) is 10.2 Å². The monoisotopic (exact) mass is 224 g/mol. The van der Waals surface area contributed by atoms with Gasteiger partial charge in [0, 0.05) is 0 Å². The SMILES string of the molecule is O=C(O)CC(O)(CC(=O)O)C(=O)OP. The third-order valence-electron chi connectivity index (χ3n) is 1.37. The highest BCUT2D eigenvalue weighted by atomic mass is 31.0. The Morgan fingerprint density at radius 3 is 1.71 bits per heavy atom. The molecule has 0 rings (SSSR count). The molecule has 0 aliphatic rings. The molecule has 0 aliphatic carbocycles. The van der Waals surface area contributed by atoms with Gasteiger partial charge >= 0.3 is 17.9 Å². The highest BCUT2D eigenvalue weighted by Gasteiger charge is 2.41. The molecule has 0 aromatic rings. The molecule has 1 unspecified atom stereocenters. The Hall–Kier alpha value is -1.20. The predicted octanol–water partition coefficient (Wildman–Crippen LogP) is -1.000. The van der Waals surface area contributed by atoms with Crippen LogP contribution in [-0.4, -0.2) is 38.8 Å². The predicted molar refractivity (Wildman–Crippen MR) is 45.3 cm³/mol. The van der Waals surface area contributed by atoms with Crippen LogP contribution in [0.2, 0.25) is 0 Å². The third-order valence-corrected chi connectivity index (χ3v) is 1.59. The lowest BCUT2D eigenvalue weighted by molar-refractivity contribution is -0.167. The smallest absolute Gasteiger partial charge is 0.341 e. The number of carbonyl (C=O) groups is 3. The van der Waals surface area contributed by atoms with E-state index in [2.05, 4.69) is 4.52 Å². The van der Waals surface area contributed by atoms with Crippen molar-refractivity contribution < 1.29 is 34.2 Å². The lowest BCUT2D eigenvalue weighted by Crippen LogP contribution is -2.43. The molecular weight excluding hydrogens is 215 g/mol. The van der Waals surface area contributed by atoms with Gasteiger partial charge in [-0.3, -0.25) is 9.59 Å². The first-order valence-electron chi connectivity index (χ1n) is 3.39. The molecule has 7 nitrogen and oxygen atoms in total. The van der Waals surface area contributed by atoms with Crippen LogP contribution in [-0.2, 0) is 18.9 Å². The van der Waals surface area contributed by atoms with E-state index in [1.807, 2.05) is 0 Å². The Bertz CT molecular complexity index is 245. The molecule has 80 valence electrons. The number of carbonyl (C=O) groups excluding carboxylic acids is 1. The summed E-state index contributed by atoms with van der Waals surface area (Å²) in [6, 6.07) is 0. The van der Waals surface area contributed by atoms with Gasteiger partial charge in [0.15, 0.2) is 5.60 Å². The van der Waals surface area contributed by atoms with Crippen LogP contribution in [0, 0.1) is 0 Å². The van der Waals surface area contributed by atoms with E-state index in [0.717, 1.165) is 0 Å². The second-order valence-electron chi connectivity index (χ2n) is 2.58. The zero-order valence-electron chi connectivity index (χ0n) is 6.97. The Morgan fingerprint density at radius 1 is 1.14 bits per heavy atom. The molecule has 0 heterocycles. The molecule has 1 atom stereocenters. The van der Waals surface area contributed by atoms with Crippen molar-refractivity contribution in [2.45, 2.75) is 18.4 Å². The van der Waals surface area contributed by atoms with Crippen molar-refractivity contribution in [1.29, 1.82) is 0 Å². The van der Waals surface area contributed by atoms with Crippen molar-refractivity contribution >= 4 is 27.4 Å². The van der Waals surface area contributed by atoms with E-state index in [0.29, 0.717) is 0 Å². The maximum atomic E-state index is 10.9. The van der Waals surface area contributed by atoms with Crippen molar-refractivity contribution in [3.8, 4) is 0 Å². The van der Waals surface area contributed by atoms with E-state index < -0.39 is 36.4 Å². The average molecular weight is 224 g/mol. The van der Waals surface area contributed by atoms with Gasteiger partial charge in [0.1, 0.15) is 0 Å². The van der Waals surface area contributed by atoms with Crippen molar-refractivity contribution in [2.75, 3.05) is 0 Å². The van der Waals surface area contributed by atoms with Crippen LogP contribution in [0.4, 0.5) is 0 Å². The van der Waals surface area contributed by atoms with Crippen LogP contribution in [0.15, 0.2) is 0 Å². The quantitative estimate of drug-likeness (QED) is 0.512. The van der Waals surface area contributed by atoms with Crippen molar-refractivity contribution in [2.24, 2.45) is 0 Å². The van der Waals surface area contributed by atoms with Crippen LogP contribution in [0.25, 0.3) is 0 Å². The summed E-state index contributed by atoms with van der Waals surface area (Å²) in [5.41, 5.74) is -2.53. The zero-order valence-corrected chi connectivity index (χ0v) is 8.12. The number of hydrogen-bond donors (Lipinski definition) is 3. The van der Waals surface area contributed by atoms with Gasteiger partial charge in [-0.2, -0.15) is 0 Å². The topological polar surface area (TPSA) is 121 Å². The van der Waals surface area contributed by atoms with Crippen LogP contribution >= 0.6 is 9.47 Å². The van der Waals surface area contributed by atoms with Crippen LogP contribution in [0.5, 0.6) is 0 Å². The van der Waals surface area contributed by atoms with Crippen molar-refractivity contribution in [3.05, 3.63) is 0 Å². The van der Waals surface area contributed by atoms with E-state index in [1.165, 1.54) is 9.47 Å². The van der Waals surface area contributed by atoms with E-state index in [1.54, 1.807) is 0 Å². The fraction of sp³-hybridized carbons (Fsp3) is 0.500. The summed E-state index contributed by atoms with van der Waals surface area (Å²) in [6.07, 6.45) is -2.04. The highest BCUT2D eigenvalue weighted by molar-refractivity contribution is 7.10. The summed E-state index contributed by atoms with van der Waals surface area (Å²) in [5, 5.41) is 26.0. The third kappa shape index (κ3) is 3.68. The number of carboxylic acid groups (broad SMARTS) is 2. The molecule has 0 amide bonds. The molecule has 0 bridgehead atoms. The summed E-state index contributed by atoms with van der Waals surface area (Å²) in [7, 11) is 1.51. The van der Waals surface area contributed by atoms with Crippen LogP contribution in [0.1, 0.15) is 12.8 Å². The lowest BCUT2D eigenvalue weighted by Gasteiger charge is -2.20. The van der Waals surface area contributed by atoms with Gasteiger partial charge in [-0.15, -0.1) is 0 Å². The Kier molecular flexibility index (Phi) is 4.46. The fourth-order valence-corrected chi connectivity index (χ4v) is 1.04. The van der Waals surface area contributed by atoms with Gasteiger partial charge in [0.2, 0.25) is 0 Å². The lowest BCUT2D eigenvalue weighted by atomic mass is 9.96. The molecule has 3 N–H and O–H groups in total. The normalized spacial score (nSPS) is 10.7. The first-order valence-corrected chi connectivity index (χ1v) is 3.86. The molecule has 0 saturated carbocycles. The molecule has 14 heavy (non-hydrogen) atoms. The molecular formula is C6H9O7P. The molecule has 0 aromatic heterocycles. The van der Waals surface area contributed by atoms with Crippen molar-refractivity contribution in [3.63, 3.8) is 0 Å². The molecule has 0 radical (unpaired) electrons. The zero-order chi connectivity index (χ0) is 11.4. The summed E-state index contributed by atoms with van der Waals surface area (Å²) in [4.78, 5) is 31.4. The molecule has 0 saturated heterocycles. The van der Waals surface area contributed by atoms with Crippen molar-refractivity contribution in [1.82, 2.24) is 0 Å². The average Bonchev–Trinajstić information content (AvgIpc) is 1.99. The molecule has 8 heteroatoms. The van der Waals surface area contributed by atoms with E-state index >= 15 is 0 Å². The Balaban J connectivity index is 4.74. The van der Waals surface area contributed by atoms with Gasteiger partial charge in [0.25, 0.3) is 0 Å². The second-order valence-corrected chi connectivity index (χ2v) is 2.81. The maximum Gasteiger partial charge on any atom is 0.341 e. The second kappa shape index (κ2) is 4.88. The van der Waals surface area contributed by atoms with Gasteiger partial charge in [0.05, 0.1) is 22.3 Å². The minimum Gasteiger partial charge on any atom is -0.481 e. The summed E-state index contributed by atoms with van der Waals surface area (Å²) >= 11 is 0. The minimum atomic E-state index is -2.53. The van der Waals surface area contributed by atoms with E-state index in [9.17, 15) is 19.5 Å². The summed E-state index contributed by atoms with van der Waals surface area (Å²) < 4.78 is 4.02. The molecule has 0 aliphatic heterocycles. The Morgan fingerprint density at radius 2 is 1.50 bits per heavy atom. The van der Waals surface area contributed by atoms with Gasteiger partial charge in [-0.25, -0.2) is 4.79 Å². The standard InChI is InChI=1S/C6H9O7P/c7-3(8)1-6(12,2-4(9)10)5(11)13-14/h12H,1-2,14H2,(H,7,8)(H,9,10). The summed E-state index contributed by atoms with van der Waals surface area (Å²) in [6.45, 7) is 0. The van der Waals surface area contributed by atoms with E-state index in [-0.39, 0.29) is 0 Å².